The van der Waals surface area contributed by atoms with Crippen molar-refractivity contribution < 1.29 is 14.3 Å². The van der Waals surface area contributed by atoms with Crippen LogP contribution in [-0.2, 0) is 27.2 Å². The number of likely N-dealkylation sites (N-methyl/N-ethyl adjacent to an activating group) is 1. The number of anilines is 1. The number of rotatable bonds is 10. The number of piperidine rings is 1. The molecule has 4 fully saturated rings. The Hall–Kier alpha value is -2.94. The van der Waals surface area contributed by atoms with Crippen molar-refractivity contribution in [1.29, 1.82) is 0 Å². The SMILES string of the molecule is CCC(=O)N(c1ccccc1)C1CCN(CCc2ccccc2)CC1.CN(C(=O)Cc1ccc(Cl)c(Cl)c1)[C@H]1CC[C@@]2(CCCO2)C[C@@H]1N1CCCC1. The first-order chi connectivity index (χ1) is 25.7. The predicted octanol–water partition coefficient (Wildman–Crippen LogP) is 8.70. The minimum atomic E-state index is 0.0529. The van der Waals surface area contributed by atoms with Crippen LogP contribution in [0.25, 0.3) is 0 Å². The maximum absolute atomic E-state index is 13.1. The van der Waals surface area contributed by atoms with Gasteiger partial charge in [-0.05, 0) is 113 Å². The second-order valence-corrected chi connectivity index (χ2v) is 16.3. The number of likely N-dealkylation sites (tertiary alicyclic amines) is 2. The fourth-order valence-corrected chi connectivity index (χ4v) is 9.34. The fraction of sp³-hybridized carbons (Fsp3) is 0.545. The molecule has 2 amide bonds. The first-order valence-corrected chi connectivity index (χ1v) is 20.7. The Kier molecular flexibility index (Phi) is 14.3. The average molecular weight is 762 g/mol. The summed E-state index contributed by atoms with van der Waals surface area (Å²) in [6.07, 6.45) is 12.1. The Bertz CT molecular complexity index is 1610. The van der Waals surface area contributed by atoms with Crippen molar-refractivity contribution in [3.63, 3.8) is 0 Å². The van der Waals surface area contributed by atoms with E-state index < -0.39 is 0 Å². The molecular weight excluding hydrogens is 703 g/mol. The van der Waals surface area contributed by atoms with Crippen molar-refractivity contribution in [2.24, 2.45) is 0 Å². The van der Waals surface area contributed by atoms with Crippen molar-refractivity contribution in [3.05, 3.63) is 100 Å². The quantitative estimate of drug-likeness (QED) is 0.207. The van der Waals surface area contributed by atoms with E-state index in [1.165, 1.54) is 31.2 Å². The molecule has 7 nitrogen and oxygen atoms in total. The molecule has 3 aliphatic heterocycles. The monoisotopic (exact) mass is 760 g/mol. The Morgan fingerprint density at radius 3 is 2.15 bits per heavy atom. The lowest BCUT2D eigenvalue weighted by molar-refractivity contribution is -0.136. The van der Waals surface area contributed by atoms with Crippen LogP contribution in [-0.4, -0.2) is 96.6 Å². The summed E-state index contributed by atoms with van der Waals surface area (Å²) >= 11 is 12.1. The van der Waals surface area contributed by atoms with Gasteiger partial charge in [0, 0.05) is 63.5 Å². The summed E-state index contributed by atoms with van der Waals surface area (Å²) in [6.45, 7) is 8.37. The molecule has 3 aromatic carbocycles. The first-order valence-electron chi connectivity index (χ1n) is 20.0. The van der Waals surface area contributed by atoms with Gasteiger partial charge in [-0.25, -0.2) is 0 Å². The van der Waals surface area contributed by atoms with E-state index in [2.05, 4.69) is 52.3 Å². The Morgan fingerprint density at radius 1 is 0.811 bits per heavy atom. The molecule has 1 spiro atoms. The van der Waals surface area contributed by atoms with Crippen molar-refractivity contribution >= 4 is 40.7 Å². The van der Waals surface area contributed by atoms with E-state index in [1.807, 2.05) is 48.0 Å². The van der Waals surface area contributed by atoms with Gasteiger partial charge in [0.05, 0.1) is 22.1 Å². The number of halogens is 2. The third-order valence-corrected chi connectivity index (χ3v) is 12.8. The third-order valence-electron chi connectivity index (χ3n) is 12.0. The van der Waals surface area contributed by atoms with Crippen LogP contribution in [0.3, 0.4) is 0 Å². The largest absolute Gasteiger partial charge is 0.375 e. The van der Waals surface area contributed by atoms with Crippen molar-refractivity contribution in [1.82, 2.24) is 14.7 Å². The molecule has 3 atom stereocenters. The highest BCUT2D eigenvalue weighted by Gasteiger charge is 2.47. The topological polar surface area (TPSA) is 56.3 Å². The molecule has 0 unspecified atom stereocenters. The lowest BCUT2D eigenvalue weighted by Gasteiger charge is -2.48. The smallest absolute Gasteiger partial charge is 0.227 e. The van der Waals surface area contributed by atoms with E-state index in [4.69, 9.17) is 27.9 Å². The Morgan fingerprint density at radius 2 is 1.51 bits per heavy atom. The highest BCUT2D eigenvalue weighted by molar-refractivity contribution is 6.42. The molecule has 3 saturated heterocycles. The molecular formula is C44H58Cl2N4O3. The second-order valence-electron chi connectivity index (χ2n) is 15.4. The minimum absolute atomic E-state index is 0.0529. The molecule has 53 heavy (non-hydrogen) atoms. The summed E-state index contributed by atoms with van der Waals surface area (Å²) < 4.78 is 6.22. The van der Waals surface area contributed by atoms with Crippen LogP contribution in [0.2, 0.25) is 10.0 Å². The highest BCUT2D eigenvalue weighted by Crippen LogP contribution is 2.43. The van der Waals surface area contributed by atoms with Gasteiger partial charge in [0.2, 0.25) is 11.8 Å². The Labute approximate surface area is 327 Å². The number of carbonyl (C=O) groups excluding carboxylic acids is 2. The van der Waals surface area contributed by atoms with E-state index >= 15 is 0 Å². The van der Waals surface area contributed by atoms with Gasteiger partial charge < -0.3 is 19.4 Å². The second kappa shape index (κ2) is 19.1. The van der Waals surface area contributed by atoms with Gasteiger partial charge in [-0.2, -0.15) is 0 Å². The normalized spacial score (nSPS) is 23.8. The summed E-state index contributed by atoms with van der Waals surface area (Å²) in [5.41, 5.74) is 3.40. The lowest BCUT2D eigenvalue weighted by Crippen LogP contribution is -2.58. The summed E-state index contributed by atoms with van der Waals surface area (Å²) in [5, 5.41) is 1.03. The number of hydrogen-bond donors (Lipinski definition) is 0. The number of ether oxygens (including phenoxy) is 1. The van der Waals surface area contributed by atoms with E-state index in [0.717, 1.165) is 89.1 Å². The third kappa shape index (κ3) is 10.4. The zero-order chi connectivity index (χ0) is 37.2. The maximum Gasteiger partial charge on any atom is 0.227 e. The van der Waals surface area contributed by atoms with Crippen LogP contribution in [0.1, 0.15) is 82.3 Å². The van der Waals surface area contributed by atoms with E-state index in [-0.39, 0.29) is 23.5 Å². The molecule has 0 radical (unpaired) electrons. The van der Waals surface area contributed by atoms with Gasteiger partial charge in [0.25, 0.3) is 0 Å². The molecule has 7 rings (SSSR count). The number of nitrogens with zero attached hydrogens (tertiary/aromatic N) is 4. The van der Waals surface area contributed by atoms with Gasteiger partial charge in [0.15, 0.2) is 0 Å². The van der Waals surface area contributed by atoms with Crippen molar-refractivity contribution in [2.45, 2.75) is 108 Å². The molecule has 3 aromatic rings. The van der Waals surface area contributed by atoms with E-state index in [9.17, 15) is 9.59 Å². The lowest BCUT2D eigenvalue weighted by atomic mass is 9.76. The highest BCUT2D eigenvalue weighted by atomic mass is 35.5. The molecule has 0 N–H and O–H groups in total. The summed E-state index contributed by atoms with van der Waals surface area (Å²) in [4.78, 5) is 34.8. The minimum Gasteiger partial charge on any atom is -0.375 e. The molecule has 1 saturated carbocycles. The van der Waals surface area contributed by atoms with Crippen molar-refractivity contribution in [3.8, 4) is 0 Å². The van der Waals surface area contributed by atoms with Crippen LogP contribution in [0.5, 0.6) is 0 Å². The summed E-state index contributed by atoms with van der Waals surface area (Å²) in [5.74, 6) is 0.379. The van der Waals surface area contributed by atoms with E-state index in [1.54, 1.807) is 12.1 Å². The van der Waals surface area contributed by atoms with E-state index in [0.29, 0.717) is 35.0 Å². The molecule has 0 aromatic heterocycles. The standard InChI is InChI=1S/C22H30Cl2N2O2.C22H28N2O/c1-25(21(27)14-16-5-6-17(23)18(24)13-16)19-7-9-22(8-4-12-28-22)15-20(19)26-10-2-3-11-26;1-2-22(25)24(20-11-7-4-8-12-20)21-14-17-23(18-15-21)16-13-19-9-5-3-6-10-19/h5-6,13,19-20H,2-4,7-12,14-15H2,1H3;3-12,21H,2,13-18H2,1H3/t19-,20-,22-;/m0./s1. The van der Waals surface area contributed by atoms with Crippen LogP contribution in [0.15, 0.2) is 78.9 Å². The summed E-state index contributed by atoms with van der Waals surface area (Å²) in [7, 11) is 1.97. The number of para-hydroxylation sites is 1. The van der Waals surface area contributed by atoms with Crippen molar-refractivity contribution in [2.75, 3.05) is 51.3 Å². The van der Waals surface area contributed by atoms with Gasteiger partial charge in [-0.1, -0.05) is 84.7 Å². The van der Waals surface area contributed by atoms with Gasteiger partial charge in [-0.15, -0.1) is 0 Å². The number of benzene rings is 3. The van der Waals surface area contributed by atoms with Crippen LogP contribution >= 0.6 is 23.2 Å². The van der Waals surface area contributed by atoms with Gasteiger partial charge >= 0.3 is 0 Å². The van der Waals surface area contributed by atoms with Crippen LogP contribution < -0.4 is 4.90 Å². The fourth-order valence-electron chi connectivity index (χ4n) is 9.02. The zero-order valence-corrected chi connectivity index (χ0v) is 33.2. The number of carbonyl (C=O) groups is 2. The molecule has 1 aliphatic carbocycles. The molecule has 0 bridgehead atoms. The first kappa shape index (κ1) is 39.7. The molecule has 9 heteroatoms. The number of amides is 2. The maximum atomic E-state index is 13.1. The molecule has 3 heterocycles. The van der Waals surface area contributed by atoms with Gasteiger partial charge in [0.1, 0.15) is 0 Å². The number of hydrogen-bond acceptors (Lipinski definition) is 5. The summed E-state index contributed by atoms with van der Waals surface area (Å²) in [6, 6.07) is 27.2. The van der Waals surface area contributed by atoms with Gasteiger partial charge in [-0.3, -0.25) is 14.5 Å². The van der Waals surface area contributed by atoms with Crippen LogP contribution in [0, 0.1) is 0 Å². The zero-order valence-electron chi connectivity index (χ0n) is 31.7. The van der Waals surface area contributed by atoms with Crippen LogP contribution in [0.4, 0.5) is 5.69 Å². The molecule has 4 aliphatic rings. The Balaban J connectivity index is 0.000000183. The predicted molar refractivity (Wildman–Crippen MR) is 217 cm³/mol. The average Bonchev–Trinajstić information content (AvgIpc) is 3.90. The molecule has 286 valence electrons.